The predicted octanol–water partition coefficient (Wildman–Crippen LogP) is 3.45. The topological polar surface area (TPSA) is 59.4 Å². The zero-order chi connectivity index (χ0) is 18.6. The average molecular weight is 437 g/mol. The molecule has 4 rings (SSSR count). The van der Waals surface area contributed by atoms with Crippen molar-refractivity contribution >= 4 is 41.8 Å². The number of benzene rings is 2. The van der Waals surface area contributed by atoms with Gasteiger partial charge in [-0.2, -0.15) is 0 Å². The largest absolute Gasteiger partial charge is 0.496 e. The fraction of sp³-hybridized carbons (Fsp3) is 0.333. The molecule has 1 fully saturated rings. The Morgan fingerprint density at radius 2 is 1.93 bits per heavy atom. The van der Waals surface area contributed by atoms with Gasteiger partial charge in [-0.1, -0.05) is 30.3 Å². The number of aromatic nitrogens is 2. The number of hydrogen-bond donors (Lipinski definition) is 1. The number of carbonyl (C=O) groups excluding carboxylic acids is 1. The van der Waals surface area contributed by atoms with Crippen LogP contribution in [-0.2, 0) is 11.3 Å². The lowest BCUT2D eigenvalue weighted by atomic mass is 10.0. The van der Waals surface area contributed by atoms with Crippen molar-refractivity contribution in [1.29, 1.82) is 0 Å². The Morgan fingerprint density at radius 1 is 1.17 bits per heavy atom. The summed E-state index contributed by atoms with van der Waals surface area (Å²) in [5, 5.41) is 3.40. The van der Waals surface area contributed by atoms with Crippen LogP contribution in [0, 0.1) is 0 Å². The first-order valence-corrected chi connectivity index (χ1v) is 9.31. The zero-order valence-electron chi connectivity index (χ0n) is 16.3. The van der Waals surface area contributed by atoms with Crippen LogP contribution in [0.2, 0.25) is 0 Å². The van der Waals surface area contributed by atoms with E-state index in [-0.39, 0.29) is 36.8 Å². The van der Waals surface area contributed by atoms with Crippen LogP contribution < -0.4 is 10.1 Å². The third-order valence-corrected chi connectivity index (χ3v) is 5.16. The van der Waals surface area contributed by atoms with Gasteiger partial charge in [-0.05, 0) is 18.2 Å². The first-order valence-electron chi connectivity index (χ1n) is 9.31. The maximum absolute atomic E-state index is 13.0. The minimum Gasteiger partial charge on any atom is -0.496 e. The van der Waals surface area contributed by atoms with Crippen molar-refractivity contribution in [3.8, 4) is 5.75 Å². The summed E-state index contributed by atoms with van der Waals surface area (Å²) in [7, 11) is 1.67. The van der Waals surface area contributed by atoms with Gasteiger partial charge in [-0.25, -0.2) is 4.98 Å². The number of methoxy groups -OCH3 is 1. The van der Waals surface area contributed by atoms with Crippen molar-refractivity contribution in [2.45, 2.75) is 19.0 Å². The molecule has 156 valence electrons. The molecule has 2 heterocycles. The number of nitrogens with one attached hydrogen (secondary N) is 1. The molecular formula is C21H26Cl2N4O2. The van der Waals surface area contributed by atoms with Crippen LogP contribution in [0.5, 0.6) is 5.75 Å². The quantitative estimate of drug-likeness (QED) is 0.665. The molecule has 6 nitrogen and oxygen atoms in total. The Morgan fingerprint density at radius 3 is 2.76 bits per heavy atom. The van der Waals surface area contributed by atoms with Gasteiger partial charge >= 0.3 is 0 Å². The van der Waals surface area contributed by atoms with Gasteiger partial charge in [-0.3, -0.25) is 4.79 Å². The number of carbonyl (C=O) groups is 1. The maximum atomic E-state index is 13.0. The molecule has 29 heavy (non-hydrogen) atoms. The molecule has 0 radical (unpaired) electrons. The molecule has 2 aromatic carbocycles. The molecule has 1 aliphatic rings. The molecule has 3 aromatic rings. The Bertz CT molecular complexity index is 947. The molecule has 0 saturated carbocycles. The van der Waals surface area contributed by atoms with Crippen molar-refractivity contribution < 1.29 is 9.53 Å². The van der Waals surface area contributed by atoms with Crippen LogP contribution in [0.15, 0.2) is 54.9 Å². The summed E-state index contributed by atoms with van der Waals surface area (Å²) in [6.07, 6.45) is 2.26. The summed E-state index contributed by atoms with van der Waals surface area (Å²) < 4.78 is 7.56. The van der Waals surface area contributed by atoms with Crippen LogP contribution in [0.3, 0.4) is 0 Å². The molecule has 0 aliphatic carbocycles. The van der Waals surface area contributed by atoms with E-state index >= 15 is 0 Å². The Balaban J connectivity index is 0.00000150. The monoisotopic (exact) mass is 436 g/mol. The van der Waals surface area contributed by atoms with Gasteiger partial charge in [0.25, 0.3) is 0 Å². The third-order valence-electron chi connectivity index (χ3n) is 5.16. The molecule has 8 heteroatoms. The van der Waals surface area contributed by atoms with Gasteiger partial charge in [0, 0.05) is 38.2 Å². The lowest BCUT2D eigenvalue weighted by molar-refractivity contribution is -0.134. The summed E-state index contributed by atoms with van der Waals surface area (Å²) in [5.41, 5.74) is 3.07. The number of ether oxygens (including phenoxy) is 1. The van der Waals surface area contributed by atoms with E-state index in [2.05, 4.69) is 10.3 Å². The summed E-state index contributed by atoms with van der Waals surface area (Å²) in [4.78, 5) is 19.4. The number of aryl methyl sites for hydroxylation is 1. The molecule has 1 amide bonds. The molecule has 0 spiro atoms. The highest BCUT2D eigenvalue weighted by atomic mass is 35.5. The summed E-state index contributed by atoms with van der Waals surface area (Å²) >= 11 is 0. The second-order valence-electron chi connectivity index (χ2n) is 6.73. The maximum Gasteiger partial charge on any atom is 0.224 e. The number of nitrogens with zero attached hydrogens (tertiary/aromatic N) is 3. The van der Waals surface area contributed by atoms with E-state index in [1.807, 2.05) is 64.3 Å². The molecule has 1 unspecified atom stereocenters. The first-order chi connectivity index (χ1) is 13.3. The van der Waals surface area contributed by atoms with Crippen LogP contribution in [0.25, 0.3) is 11.0 Å². The second-order valence-corrected chi connectivity index (χ2v) is 6.73. The fourth-order valence-electron chi connectivity index (χ4n) is 3.77. The average Bonchev–Trinajstić information content (AvgIpc) is 3.15. The number of piperazine rings is 1. The van der Waals surface area contributed by atoms with Crippen molar-refractivity contribution in [2.75, 3.05) is 26.7 Å². The van der Waals surface area contributed by atoms with Gasteiger partial charge in [0.1, 0.15) is 5.75 Å². The molecular weight excluding hydrogens is 411 g/mol. The lowest BCUT2D eigenvalue weighted by Gasteiger charge is -2.37. The number of imidazole rings is 1. The fourth-order valence-corrected chi connectivity index (χ4v) is 3.77. The second kappa shape index (κ2) is 10.5. The smallest absolute Gasteiger partial charge is 0.224 e. The predicted molar refractivity (Wildman–Crippen MR) is 119 cm³/mol. The van der Waals surface area contributed by atoms with Crippen molar-refractivity contribution in [2.24, 2.45) is 0 Å². The highest BCUT2D eigenvalue weighted by Gasteiger charge is 2.29. The molecule has 0 bridgehead atoms. The number of para-hydroxylation sites is 3. The normalized spacial score (nSPS) is 16.0. The number of fused-ring (bicyclic) bond motifs is 1. The third kappa shape index (κ3) is 4.83. The summed E-state index contributed by atoms with van der Waals surface area (Å²) in [6, 6.07) is 15.9. The summed E-state index contributed by atoms with van der Waals surface area (Å²) in [6.45, 7) is 2.87. The first kappa shape index (κ1) is 23.0. The van der Waals surface area contributed by atoms with Gasteiger partial charge in [0.2, 0.25) is 5.91 Å². The van der Waals surface area contributed by atoms with E-state index in [1.165, 1.54) is 0 Å². The number of rotatable bonds is 5. The Kier molecular flexibility index (Phi) is 8.32. The van der Waals surface area contributed by atoms with E-state index in [9.17, 15) is 4.79 Å². The van der Waals surface area contributed by atoms with Crippen molar-refractivity contribution in [3.63, 3.8) is 0 Å². The Hall–Kier alpha value is -2.28. The number of hydrogen-bond acceptors (Lipinski definition) is 4. The lowest BCUT2D eigenvalue weighted by Crippen LogP contribution is -2.48. The van der Waals surface area contributed by atoms with E-state index in [0.717, 1.165) is 35.4 Å². The zero-order valence-corrected chi connectivity index (χ0v) is 17.9. The van der Waals surface area contributed by atoms with Crippen molar-refractivity contribution in [3.05, 3.63) is 60.4 Å². The summed E-state index contributed by atoms with van der Waals surface area (Å²) in [5.74, 6) is 0.981. The van der Waals surface area contributed by atoms with Crippen LogP contribution in [0.4, 0.5) is 0 Å². The van der Waals surface area contributed by atoms with E-state index in [1.54, 1.807) is 7.11 Å². The van der Waals surface area contributed by atoms with Crippen molar-refractivity contribution in [1.82, 2.24) is 19.8 Å². The van der Waals surface area contributed by atoms with Gasteiger partial charge in [-0.15, -0.1) is 24.8 Å². The van der Waals surface area contributed by atoms with Gasteiger partial charge in [0.15, 0.2) is 0 Å². The van der Waals surface area contributed by atoms with Gasteiger partial charge < -0.3 is 19.5 Å². The molecule has 1 atom stereocenters. The molecule has 1 saturated heterocycles. The van der Waals surface area contributed by atoms with Crippen LogP contribution >= 0.6 is 24.8 Å². The Labute approximate surface area is 183 Å². The SMILES string of the molecule is COc1ccccc1C1CNCCN1C(=O)CCn1cnc2ccccc21.Cl.Cl. The minimum absolute atomic E-state index is 0. The number of halogens is 2. The van der Waals surface area contributed by atoms with E-state index < -0.39 is 0 Å². The van der Waals surface area contributed by atoms with Crippen LogP contribution in [0.1, 0.15) is 18.0 Å². The molecule has 1 N–H and O–H groups in total. The molecule has 1 aliphatic heterocycles. The highest BCUT2D eigenvalue weighted by Crippen LogP contribution is 2.30. The number of amides is 1. The van der Waals surface area contributed by atoms with Crippen LogP contribution in [-0.4, -0.2) is 47.1 Å². The van der Waals surface area contributed by atoms with E-state index in [0.29, 0.717) is 19.5 Å². The van der Waals surface area contributed by atoms with Gasteiger partial charge in [0.05, 0.1) is 30.5 Å². The standard InChI is InChI=1S/C21H24N4O2.2ClH/c1-27-20-9-5-2-6-16(20)19-14-22-11-13-25(19)21(26)10-12-24-15-23-17-7-3-4-8-18(17)24;;/h2-9,15,19,22H,10-14H2,1H3;2*1H. The highest BCUT2D eigenvalue weighted by molar-refractivity contribution is 5.85. The molecule has 1 aromatic heterocycles. The minimum atomic E-state index is -0.0121. The van der Waals surface area contributed by atoms with E-state index in [4.69, 9.17) is 4.74 Å².